The van der Waals surface area contributed by atoms with Gasteiger partial charge in [0.1, 0.15) is 6.04 Å². The number of methoxy groups -OCH3 is 1. The van der Waals surface area contributed by atoms with E-state index >= 15 is 0 Å². The number of hydrogen-bond acceptors (Lipinski definition) is 3. The molecular formula is C10H17F2NO2. The van der Waals surface area contributed by atoms with E-state index < -0.39 is 17.9 Å². The lowest BCUT2D eigenvalue weighted by atomic mass is 9.83. The van der Waals surface area contributed by atoms with Gasteiger partial charge in [-0.25, -0.2) is 8.78 Å². The first-order valence-electron chi connectivity index (χ1n) is 5.16. The second-order valence-electron chi connectivity index (χ2n) is 4.16. The van der Waals surface area contributed by atoms with Crippen molar-refractivity contribution in [2.75, 3.05) is 7.11 Å². The molecule has 0 aromatic carbocycles. The maximum absolute atomic E-state index is 12.8. The number of hydrogen-bond donors (Lipinski definition) is 1. The van der Waals surface area contributed by atoms with Gasteiger partial charge < -0.3 is 10.5 Å². The first kappa shape index (κ1) is 12.4. The van der Waals surface area contributed by atoms with Crippen molar-refractivity contribution >= 4 is 5.97 Å². The number of halogens is 2. The predicted molar refractivity (Wildman–Crippen MR) is 51.5 cm³/mol. The summed E-state index contributed by atoms with van der Waals surface area (Å²) in [5.41, 5.74) is 5.56. The molecule has 0 bridgehead atoms. The molecule has 1 aliphatic rings. The van der Waals surface area contributed by atoms with Crippen molar-refractivity contribution in [2.45, 2.75) is 44.1 Å². The maximum atomic E-state index is 12.8. The minimum absolute atomic E-state index is 0.0917. The molecule has 0 aliphatic heterocycles. The van der Waals surface area contributed by atoms with Gasteiger partial charge in [-0.2, -0.15) is 0 Å². The maximum Gasteiger partial charge on any atom is 0.322 e. The summed E-state index contributed by atoms with van der Waals surface area (Å²) in [6, 6.07) is -0.674. The Morgan fingerprint density at radius 3 is 2.53 bits per heavy atom. The van der Waals surface area contributed by atoms with Crippen LogP contribution in [0.5, 0.6) is 0 Å². The van der Waals surface area contributed by atoms with Crippen molar-refractivity contribution in [1.29, 1.82) is 0 Å². The molecular weight excluding hydrogens is 204 g/mol. The molecule has 5 heteroatoms. The summed E-state index contributed by atoms with van der Waals surface area (Å²) in [6.45, 7) is 0. The number of carbonyl (C=O) groups is 1. The molecule has 3 nitrogen and oxygen atoms in total. The Balaban J connectivity index is 2.32. The first-order valence-corrected chi connectivity index (χ1v) is 5.16. The van der Waals surface area contributed by atoms with Crippen LogP contribution in [0.15, 0.2) is 0 Å². The number of nitrogens with two attached hydrogens (primary N) is 1. The molecule has 88 valence electrons. The summed E-state index contributed by atoms with van der Waals surface area (Å²) in [4.78, 5) is 11.0. The number of alkyl halides is 2. The van der Waals surface area contributed by atoms with Crippen LogP contribution in [0.25, 0.3) is 0 Å². The first-order chi connectivity index (χ1) is 6.94. The summed E-state index contributed by atoms with van der Waals surface area (Å²) in [6.07, 6.45) is 1.15. The van der Waals surface area contributed by atoms with E-state index in [1.54, 1.807) is 0 Å². The van der Waals surface area contributed by atoms with Crippen molar-refractivity contribution in [1.82, 2.24) is 0 Å². The third kappa shape index (κ3) is 3.74. The molecule has 0 spiro atoms. The van der Waals surface area contributed by atoms with Crippen LogP contribution in [-0.2, 0) is 9.53 Å². The molecule has 1 unspecified atom stereocenters. The van der Waals surface area contributed by atoms with Crippen molar-refractivity contribution in [3.63, 3.8) is 0 Å². The number of esters is 1. The summed E-state index contributed by atoms with van der Waals surface area (Å²) in [7, 11) is 1.28. The van der Waals surface area contributed by atoms with Gasteiger partial charge in [-0.3, -0.25) is 4.79 Å². The van der Waals surface area contributed by atoms with Crippen LogP contribution in [0.1, 0.15) is 32.1 Å². The normalized spacial score (nSPS) is 23.5. The summed E-state index contributed by atoms with van der Waals surface area (Å²) in [5, 5.41) is 0. The van der Waals surface area contributed by atoms with E-state index in [1.807, 2.05) is 0 Å². The van der Waals surface area contributed by atoms with Crippen LogP contribution in [0.4, 0.5) is 8.78 Å². The lowest BCUT2D eigenvalue weighted by Gasteiger charge is -2.29. The van der Waals surface area contributed by atoms with Gasteiger partial charge in [0.15, 0.2) is 0 Å². The van der Waals surface area contributed by atoms with Gasteiger partial charge in [-0.05, 0) is 25.2 Å². The van der Waals surface area contributed by atoms with Crippen molar-refractivity contribution in [3.05, 3.63) is 0 Å². The highest BCUT2D eigenvalue weighted by molar-refractivity contribution is 5.75. The molecule has 0 aromatic heterocycles. The third-order valence-electron chi connectivity index (χ3n) is 2.93. The molecule has 0 heterocycles. The number of ether oxygens (including phenoxy) is 1. The molecule has 0 saturated heterocycles. The van der Waals surface area contributed by atoms with Gasteiger partial charge >= 0.3 is 5.97 Å². The van der Waals surface area contributed by atoms with Crippen molar-refractivity contribution < 1.29 is 18.3 Å². The zero-order chi connectivity index (χ0) is 11.5. The van der Waals surface area contributed by atoms with Gasteiger partial charge in [0.25, 0.3) is 0 Å². The Morgan fingerprint density at radius 2 is 2.07 bits per heavy atom. The fraction of sp³-hybridized carbons (Fsp3) is 0.900. The highest BCUT2D eigenvalue weighted by atomic mass is 19.3. The molecule has 0 amide bonds. The Morgan fingerprint density at radius 1 is 1.53 bits per heavy atom. The molecule has 15 heavy (non-hydrogen) atoms. The van der Waals surface area contributed by atoms with Gasteiger partial charge in [-0.1, -0.05) is 0 Å². The average Bonchev–Trinajstić information content (AvgIpc) is 2.20. The smallest absolute Gasteiger partial charge is 0.322 e. The van der Waals surface area contributed by atoms with Crippen LogP contribution in [-0.4, -0.2) is 25.0 Å². The third-order valence-corrected chi connectivity index (χ3v) is 2.93. The Hall–Kier alpha value is -0.710. The van der Waals surface area contributed by atoms with Crippen LogP contribution in [0, 0.1) is 5.92 Å². The van der Waals surface area contributed by atoms with E-state index in [0.717, 1.165) is 0 Å². The van der Waals surface area contributed by atoms with Crippen LogP contribution in [0.2, 0.25) is 0 Å². The second-order valence-corrected chi connectivity index (χ2v) is 4.16. The van der Waals surface area contributed by atoms with E-state index in [-0.39, 0.29) is 18.8 Å². The lowest BCUT2D eigenvalue weighted by Crippen LogP contribution is -2.35. The zero-order valence-electron chi connectivity index (χ0n) is 8.84. The average molecular weight is 221 g/mol. The van der Waals surface area contributed by atoms with Gasteiger partial charge in [-0.15, -0.1) is 0 Å². The fourth-order valence-corrected chi connectivity index (χ4v) is 1.94. The monoisotopic (exact) mass is 221 g/mol. The van der Waals surface area contributed by atoms with Gasteiger partial charge in [0, 0.05) is 12.8 Å². The SMILES string of the molecule is COC(=O)C(N)CC1CCC(F)(F)CC1. The molecule has 1 fully saturated rings. The Kier molecular flexibility index (Phi) is 4.02. The summed E-state index contributed by atoms with van der Waals surface area (Å²) >= 11 is 0. The van der Waals surface area contributed by atoms with Crippen LogP contribution < -0.4 is 5.73 Å². The molecule has 1 saturated carbocycles. The Labute approximate surface area is 88.0 Å². The topological polar surface area (TPSA) is 52.3 Å². The molecule has 1 atom stereocenters. The van der Waals surface area contributed by atoms with Crippen LogP contribution in [0.3, 0.4) is 0 Å². The molecule has 1 rings (SSSR count). The standard InChI is InChI=1S/C10H17F2NO2/c1-15-9(14)8(13)6-7-2-4-10(11,12)5-3-7/h7-8H,2-6,13H2,1H3. The molecule has 0 radical (unpaired) electrons. The van der Waals surface area contributed by atoms with Gasteiger partial charge in [0.2, 0.25) is 5.92 Å². The van der Waals surface area contributed by atoms with E-state index in [9.17, 15) is 13.6 Å². The predicted octanol–water partition coefficient (Wildman–Crippen LogP) is 1.70. The van der Waals surface area contributed by atoms with E-state index in [0.29, 0.717) is 19.3 Å². The zero-order valence-corrected chi connectivity index (χ0v) is 8.84. The van der Waals surface area contributed by atoms with E-state index in [1.165, 1.54) is 7.11 Å². The van der Waals surface area contributed by atoms with E-state index in [4.69, 9.17) is 5.73 Å². The van der Waals surface area contributed by atoms with Crippen molar-refractivity contribution in [3.8, 4) is 0 Å². The number of rotatable bonds is 3. The number of carbonyl (C=O) groups excluding carboxylic acids is 1. The van der Waals surface area contributed by atoms with Crippen molar-refractivity contribution in [2.24, 2.45) is 11.7 Å². The quantitative estimate of drug-likeness (QED) is 0.738. The summed E-state index contributed by atoms with van der Waals surface area (Å²) < 4.78 is 30.1. The largest absolute Gasteiger partial charge is 0.468 e. The second kappa shape index (κ2) is 4.88. The highest BCUT2D eigenvalue weighted by Crippen LogP contribution is 2.37. The molecule has 1 aliphatic carbocycles. The Bertz CT molecular complexity index is 223. The molecule has 0 aromatic rings. The minimum Gasteiger partial charge on any atom is -0.468 e. The summed E-state index contributed by atoms with van der Waals surface area (Å²) in [5.74, 6) is -2.86. The molecule has 2 N–H and O–H groups in total. The van der Waals surface area contributed by atoms with Crippen LogP contribution >= 0.6 is 0 Å². The van der Waals surface area contributed by atoms with E-state index in [2.05, 4.69) is 4.74 Å². The van der Waals surface area contributed by atoms with Gasteiger partial charge in [0.05, 0.1) is 7.11 Å². The minimum atomic E-state index is -2.52. The highest BCUT2D eigenvalue weighted by Gasteiger charge is 2.35. The fourth-order valence-electron chi connectivity index (χ4n) is 1.94. The lowest BCUT2D eigenvalue weighted by molar-refractivity contribution is -0.142.